The predicted molar refractivity (Wildman–Crippen MR) is 97.1 cm³/mol. The summed E-state index contributed by atoms with van der Waals surface area (Å²) in [6, 6.07) is 12.2. The van der Waals surface area contributed by atoms with Crippen LogP contribution in [0.2, 0.25) is 0 Å². The second-order valence-corrected chi connectivity index (χ2v) is 6.47. The lowest BCUT2D eigenvalue weighted by Crippen LogP contribution is -2.28. The number of rotatable bonds is 4. The van der Waals surface area contributed by atoms with Crippen LogP contribution in [0.5, 0.6) is 0 Å². The van der Waals surface area contributed by atoms with Gasteiger partial charge in [-0.1, -0.05) is 36.4 Å². The predicted octanol–water partition coefficient (Wildman–Crippen LogP) is 4.78. The number of nitrogens with one attached hydrogen (secondary N) is 1. The third-order valence-corrected chi connectivity index (χ3v) is 4.73. The molecule has 124 valence electrons. The molecule has 0 saturated heterocycles. The van der Waals surface area contributed by atoms with Crippen LogP contribution >= 0.6 is 0 Å². The maximum atomic E-state index is 12.4. The fraction of sp³-hybridized carbons (Fsp3) is 0.286. The molecule has 1 aromatic heterocycles. The molecule has 0 radical (unpaired) electrons. The number of hydrogen-bond acceptors (Lipinski definition) is 2. The Morgan fingerprint density at radius 3 is 2.58 bits per heavy atom. The highest BCUT2D eigenvalue weighted by Crippen LogP contribution is 2.27. The first-order valence-electron chi connectivity index (χ1n) is 8.28. The van der Waals surface area contributed by atoms with E-state index in [4.69, 9.17) is 4.42 Å². The summed E-state index contributed by atoms with van der Waals surface area (Å²) in [5, 5.41) is 4.11. The fourth-order valence-corrected chi connectivity index (χ4v) is 3.14. The van der Waals surface area contributed by atoms with Crippen molar-refractivity contribution in [1.29, 1.82) is 0 Å². The molecule has 0 spiro atoms. The summed E-state index contributed by atoms with van der Waals surface area (Å²) in [5.74, 6) is 0.00619. The first-order valence-corrected chi connectivity index (χ1v) is 8.28. The summed E-state index contributed by atoms with van der Waals surface area (Å²) in [6.07, 6.45) is 2.03. The van der Waals surface area contributed by atoms with Gasteiger partial charge in [-0.05, 0) is 49.9 Å². The van der Waals surface area contributed by atoms with Crippen molar-refractivity contribution in [3.8, 4) is 0 Å². The third kappa shape index (κ3) is 3.07. The number of carbonyl (C=O) groups is 1. The van der Waals surface area contributed by atoms with E-state index in [-0.39, 0.29) is 11.9 Å². The van der Waals surface area contributed by atoms with Crippen LogP contribution in [0.15, 0.2) is 47.1 Å². The standard InChI is InChI=1S/C21H23NO2/c1-13-9-10-19-17(12-24-21(19)15(13)3)11-20(23)22-16(4)18-8-6-5-7-14(18)2/h5-10,12,16H,11H2,1-4H3,(H,22,23). The monoisotopic (exact) mass is 321 g/mol. The van der Waals surface area contributed by atoms with Gasteiger partial charge in [-0.2, -0.15) is 0 Å². The average Bonchev–Trinajstić information content (AvgIpc) is 2.94. The molecule has 0 bridgehead atoms. The van der Waals surface area contributed by atoms with Crippen LogP contribution in [0, 0.1) is 20.8 Å². The van der Waals surface area contributed by atoms with Crippen LogP contribution in [-0.2, 0) is 11.2 Å². The minimum atomic E-state index is -0.0131. The number of amides is 1. The number of benzene rings is 2. The molecule has 2 aromatic carbocycles. The molecule has 3 aromatic rings. The van der Waals surface area contributed by atoms with E-state index in [1.807, 2.05) is 32.0 Å². The van der Waals surface area contributed by atoms with Gasteiger partial charge in [0.1, 0.15) is 5.58 Å². The second-order valence-electron chi connectivity index (χ2n) is 6.47. The third-order valence-electron chi connectivity index (χ3n) is 4.73. The summed E-state index contributed by atoms with van der Waals surface area (Å²) >= 11 is 0. The van der Waals surface area contributed by atoms with Crippen LogP contribution in [0.25, 0.3) is 11.0 Å². The lowest BCUT2D eigenvalue weighted by molar-refractivity contribution is -0.121. The second kappa shape index (κ2) is 6.52. The summed E-state index contributed by atoms with van der Waals surface area (Å²) in [5.41, 5.74) is 6.47. The molecule has 1 N–H and O–H groups in total. The minimum Gasteiger partial charge on any atom is -0.464 e. The van der Waals surface area contributed by atoms with E-state index in [2.05, 4.69) is 37.4 Å². The van der Waals surface area contributed by atoms with Crippen LogP contribution in [-0.4, -0.2) is 5.91 Å². The molecular formula is C21H23NO2. The smallest absolute Gasteiger partial charge is 0.225 e. The van der Waals surface area contributed by atoms with Crippen molar-refractivity contribution in [3.63, 3.8) is 0 Å². The van der Waals surface area contributed by atoms with Crippen LogP contribution < -0.4 is 5.32 Å². The van der Waals surface area contributed by atoms with Crippen molar-refractivity contribution in [2.24, 2.45) is 0 Å². The Morgan fingerprint density at radius 2 is 1.83 bits per heavy atom. The van der Waals surface area contributed by atoms with Crippen LogP contribution in [0.4, 0.5) is 0 Å². The maximum absolute atomic E-state index is 12.4. The summed E-state index contributed by atoms with van der Waals surface area (Å²) in [7, 11) is 0. The van der Waals surface area contributed by atoms with Gasteiger partial charge in [-0.3, -0.25) is 4.79 Å². The Bertz CT molecular complexity index is 892. The van der Waals surface area contributed by atoms with Gasteiger partial charge in [0.05, 0.1) is 18.7 Å². The minimum absolute atomic E-state index is 0.00619. The highest BCUT2D eigenvalue weighted by molar-refractivity contribution is 5.89. The van der Waals surface area contributed by atoms with E-state index in [1.54, 1.807) is 6.26 Å². The van der Waals surface area contributed by atoms with Gasteiger partial charge < -0.3 is 9.73 Å². The Balaban J connectivity index is 1.76. The van der Waals surface area contributed by atoms with Gasteiger partial charge in [-0.25, -0.2) is 0 Å². The molecule has 0 aliphatic heterocycles. The Kier molecular flexibility index (Phi) is 4.43. The highest BCUT2D eigenvalue weighted by Gasteiger charge is 2.15. The van der Waals surface area contributed by atoms with Gasteiger partial charge in [0.25, 0.3) is 0 Å². The molecule has 3 heteroatoms. The molecular weight excluding hydrogens is 298 g/mol. The topological polar surface area (TPSA) is 42.2 Å². The van der Waals surface area contributed by atoms with E-state index in [1.165, 1.54) is 11.1 Å². The lowest BCUT2D eigenvalue weighted by Gasteiger charge is -2.16. The van der Waals surface area contributed by atoms with E-state index in [9.17, 15) is 4.79 Å². The number of aryl methyl sites for hydroxylation is 3. The van der Waals surface area contributed by atoms with Gasteiger partial charge in [0.15, 0.2) is 0 Å². The molecule has 1 atom stereocenters. The molecule has 24 heavy (non-hydrogen) atoms. The maximum Gasteiger partial charge on any atom is 0.225 e. The Labute approximate surface area is 142 Å². The first-order chi connectivity index (χ1) is 11.5. The molecule has 0 fully saturated rings. The normalized spacial score (nSPS) is 12.3. The fourth-order valence-electron chi connectivity index (χ4n) is 3.14. The van der Waals surface area contributed by atoms with Crippen molar-refractivity contribution < 1.29 is 9.21 Å². The Hall–Kier alpha value is -2.55. The van der Waals surface area contributed by atoms with Gasteiger partial charge >= 0.3 is 0 Å². The van der Waals surface area contributed by atoms with Crippen molar-refractivity contribution in [3.05, 3.63) is 70.5 Å². The van der Waals surface area contributed by atoms with Crippen LogP contribution in [0.1, 0.15) is 40.8 Å². The van der Waals surface area contributed by atoms with Gasteiger partial charge in [-0.15, -0.1) is 0 Å². The van der Waals surface area contributed by atoms with E-state index < -0.39 is 0 Å². The lowest BCUT2D eigenvalue weighted by atomic mass is 10.0. The first kappa shape index (κ1) is 16.3. The quantitative estimate of drug-likeness (QED) is 0.751. The van der Waals surface area contributed by atoms with E-state index in [0.29, 0.717) is 6.42 Å². The van der Waals surface area contributed by atoms with Gasteiger partial charge in [0, 0.05) is 10.9 Å². The SMILES string of the molecule is Cc1ccccc1C(C)NC(=O)Cc1coc2c(C)c(C)ccc12. The average molecular weight is 321 g/mol. The Morgan fingerprint density at radius 1 is 1.08 bits per heavy atom. The van der Waals surface area contributed by atoms with Crippen molar-refractivity contribution in [2.45, 2.75) is 40.2 Å². The van der Waals surface area contributed by atoms with Crippen LogP contribution in [0.3, 0.4) is 0 Å². The molecule has 3 nitrogen and oxygen atoms in total. The van der Waals surface area contributed by atoms with Crippen molar-refractivity contribution in [1.82, 2.24) is 5.32 Å². The van der Waals surface area contributed by atoms with Crippen molar-refractivity contribution >= 4 is 16.9 Å². The molecule has 0 aliphatic rings. The molecule has 1 unspecified atom stereocenters. The zero-order valence-electron chi connectivity index (χ0n) is 14.6. The number of carbonyl (C=O) groups excluding carboxylic acids is 1. The zero-order chi connectivity index (χ0) is 17.3. The van der Waals surface area contributed by atoms with Crippen molar-refractivity contribution in [2.75, 3.05) is 0 Å². The summed E-state index contributed by atoms with van der Waals surface area (Å²) in [4.78, 5) is 12.4. The highest BCUT2D eigenvalue weighted by atomic mass is 16.3. The largest absolute Gasteiger partial charge is 0.464 e. The molecule has 0 saturated carbocycles. The zero-order valence-corrected chi connectivity index (χ0v) is 14.6. The molecule has 1 amide bonds. The summed E-state index contributed by atoms with van der Waals surface area (Å²) in [6.45, 7) is 8.19. The van der Waals surface area contributed by atoms with Gasteiger partial charge in [0.2, 0.25) is 5.91 Å². The molecule has 3 rings (SSSR count). The van der Waals surface area contributed by atoms with E-state index >= 15 is 0 Å². The number of hydrogen-bond donors (Lipinski definition) is 1. The molecule has 1 heterocycles. The number of furan rings is 1. The summed E-state index contributed by atoms with van der Waals surface area (Å²) < 4.78 is 5.69. The molecule has 0 aliphatic carbocycles. The van der Waals surface area contributed by atoms with E-state index in [0.717, 1.165) is 27.7 Å². The number of fused-ring (bicyclic) bond motifs is 1.